The summed E-state index contributed by atoms with van der Waals surface area (Å²) in [7, 11) is 0. The molecule has 3 atom stereocenters. The minimum absolute atomic E-state index is 0.708. The molecule has 17 heavy (non-hydrogen) atoms. The third-order valence-corrected chi connectivity index (χ3v) is 6.29. The molecule has 1 aliphatic rings. The molecular formula is C14H22BrNS. The second-order valence-corrected chi connectivity index (χ2v) is 7.57. The highest BCUT2D eigenvalue weighted by Gasteiger charge is 2.26. The summed E-state index contributed by atoms with van der Waals surface area (Å²) in [4.78, 5) is 2.83. The quantitative estimate of drug-likeness (QED) is 0.850. The molecule has 1 aliphatic carbocycles. The Morgan fingerprint density at radius 3 is 2.82 bits per heavy atom. The monoisotopic (exact) mass is 315 g/mol. The van der Waals surface area contributed by atoms with Gasteiger partial charge in [-0.3, -0.25) is 0 Å². The maximum Gasteiger partial charge on any atom is 0.0314 e. The maximum atomic E-state index is 3.75. The average molecular weight is 316 g/mol. The lowest BCUT2D eigenvalue weighted by molar-refractivity contribution is 0.206. The largest absolute Gasteiger partial charge is 0.309 e. The Morgan fingerprint density at radius 2 is 2.18 bits per heavy atom. The van der Waals surface area contributed by atoms with E-state index in [2.05, 4.69) is 48.1 Å². The molecule has 0 aromatic carbocycles. The molecule has 0 spiro atoms. The molecule has 0 radical (unpaired) electrons. The SMILES string of the molecule is Cc1sc(CNC2CCCC(C)C2C)cc1Br. The first kappa shape index (κ1) is 13.6. The van der Waals surface area contributed by atoms with E-state index in [0.29, 0.717) is 6.04 Å². The van der Waals surface area contributed by atoms with Crippen LogP contribution in [0.5, 0.6) is 0 Å². The fourth-order valence-corrected chi connectivity index (χ4v) is 4.26. The highest BCUT2D eigenvalue weighted by molar-refractivity contribution is 9.10. The molecule has 1 aromatic rings. The molecule has 0 saturated heterocycles. The topological polar surface area (TPSA) is 12.0 Å². The molecule has 1 saturated carbocycles. The molecule has 96 valence electrons. The molecule has 0 aliphatic heterocycles. The zero-order chi connectivity index (χ0) is 12.4. The van der Waals surface area contributed by atoms with Crippen LogP contribution in [0.25, 0.3) is 0 Å². The second-order valence-electron chi connectivity index (χ2n) is 5.37. The van der Waals surface area contributed by atoms with Crippen molar-refractivity contribution in [2.24, 2.45) is 11.8 Å². The van der Waals surface area contributed by atoms with E-state index in [1.54, 1.807) is 0 Å². The first-order chi connectivity index (χ1) is 8.08. The van der Waals surface area contributed by atoms with Gasteiger partial charge in [0, 0.05) is 26.8 Å². The van der Waals surface area contributed by atoms with E-state index in [0.717, 1.165) is 18.4 Å². The molecule has 1 heterocycles. The van der Waals surface area contributed by atoms with Crippen LogP contribution in [0.2, 0.25) is 0 Å². The van der Waals surface area contributed by atoms with Gasteiger partial charge in [-0.1, -0.05) is 26.7 Å². The molecule has 0 bridgehead atoms. The number of halogens is 1. The van der Waals surface area contributed by atoms with E-state index >= 15 is 0 Å². The molecule has 1 N–H and O–H groups in total. The smallest absolute Gasteiger partial charge is 0.0314 e. The van der Waals surface area contributed by atoms with Crippen molar-refractivity contribution in [2.75, 3.05) is 0 Å². The van der Waals surface area contributed by atoms with Crippen molar-refractivity contribution in [3.8, 4) is 0 Å². The summed E-state index contributed by atoms with van der Waals surface area (Å²) in [6.07, 6.45) is 4.14. The Morgan fingerprint density at radius 1 is 1.41 bits per heavy atom. The lowest BCUT2D eigenvalue weighted by Crippen LogP contribution is -2.40. The zero-order valence-electron chi connectivity index (χ0n) is 10.9. The van der Waals surface area contributed by atoms with Crippen molar-refractivity contribution >= 4 is 27.3 Å². The fourth-order valence-electron chi connectivity index (χ4n) is 2.71. The second kappa shape index (κ2) is 5.85. The predicted octanol–water partition coefficient (Wildman–Crippen LogP) is 4.73. The first-order valence-electron chi connectivity index (χ1n) is 6.56. The summed E-state index contributed by atoms with van der Waals surface area (Å²) >= 11 is 5.48. The summed E-state index contributed by atoms with van der Waals surface area (Å²) in [6.45, 7) is 7.99. The summed E-state index contributed by atoms with van der Waals surface area (Å²) < 4.78 is 1.25. The van der Waals surface area contributed by atoms with Gasteiger partial charge in [0.15, 0.2) is 0 Å². The normalized spacial score (nSPS) is 29.5. The van der Waals surface area contributed by atoms with Crippen LogP contribution in [0, 0.1) is 18.8 Å². The summed E-state index contributed by atoms with van der Waals surface area (Å²) in [5, 5.41) is 3.75. The van der Waals surface area contributed by atoms with Crippen molar-refractivity contribution in [3.05, 3.63) is 20.3 Å². The minimum atomic E-state index is 0.708. The highest BCUT2D eigenvalue weighted by Crippen LogP contribution is 2.30. The van der Waals surface area contributed by atoms with Crippen LogP contribution < -0.4 is 5.32 Å². The van der Waals surface area contributed by atoms with Gasteiger partial charge in [0.2, 0.25) is 0 Å². The van der Waals surface area contributed by atoms with E-state index < -0.39 is 0 Å². The van der Waals surface area contributed by atoms with Gasteiger partial charge in [-0.2, -0.15) is 0 Å². The summed E-state index contributed by atoms with van der Waals surface area (Å²) in [5.41, 5.74) is 0. The third-order valence-electron chi connectivity index (χ3n) is 4.15. The van der Waals surface area contributed by atoms with E-state index in [1.165, 1.54) is 33.5 Å². The van der Waals surface area contributed by atoms with E-state index in [4.69, 9.17) is 0 Å². The average Bonchev–Trinajstić information content (AvgIpc) is 2.61. The zero-order valence-corrected chi connectivity index (χ0v) is 13.3. The summed E-state index contributed by atoms with van der Waals surface area (Å²) in [6, 6.07) is 2.96. The molecule has 1 aromatic heterocycles. The number of nitrogens with one attached hydrogen (secondary N) is 1. The lowest BCUT2D eigenvalue weighted by atomic mass is 9.78. The van der Waals surface area contributed by atoms with Crippen LogP contribution in [-0.4, -0.2) is 6.04 Å². The summed E-state index contributed by atoms with van der Waals surface area (Å²) in [5.74, 6) is 1.69. The van der Waals surface area contributed by atoms with Crippen molar-refractivity contribution in [2.45, 2.75) is 52.6 Å². The fraction of sp³-hybridized carbons (Fsp3) is 0.714. The number of hydrogen-bond donors (Lipinski definition) is 1. The lowest BCUT2D eigenvalue weighted by Gasteiger charge is -2.34. The Balaban J connectivity index is 1.89. The molecule has 3 unspecified atom stereocenters. The Hall–Kier alpha value is 0.140. The molecule has 2 rings (SSSR count). The molecule has 1 nitrogen and oxygen atoms in total. The van der Waals surface area contributed by atoms with Crippen LogP contribution in [0.3, 0.4) is 0 Å². The minimum Gasteiger partial charge on any atom is -0.309 e. The van der Waals surface area contributed by atoms with Crippen molar-refractivity contribution < 1.29 is 0 Å². The van der Waals surface area contributed by atoms with Crippen molar-refractivity contribution in [1.29, 1.82) is 0 Å². The van der Waals surface area contributed by atoms with Crippen molar-refractivity contribution in [1.82, 2.24) is 5.32 Å². The van der Waals surface area contributed by atoms with E-state index in [1.807, 2.05) is 11.3 Å². The van der Waals surface area contributed by atoms with E-state index in [-0.39, 0.29) is 0 Å². The molecule has 1 fully saturated rings. The third kappa shape index (κ3) is 3.33. The van der Waals surface area contributed by atoms with Gasteiger partial charge < -0.3 is 5.32 Å². The number of aryl methyl sites for hydroxylation is 1. The van der Waals surface area contributed by atoms with Crippen molar-refractivity contribution in [3.63, 3.8) is 0 Å². The van der Waals surface area contributed by atoms with Gasteiger partial charge in [0.1, 0.15) is 0 Å². The van der Waals surface area contributed by atoms with Gasteiger partial charge in [-0.25, -0.2) is 0 Å². The maximum absolute atomic E-state index is 3.75. The number of hydrogen-bond acceptors (Lipinski definition) is 2. The Kier molecular flexibility index (Phi) is 4.67. The van der Waals surface area contributed by atoms with E-state index in [9.17, 15) is 0 Å². The van der Waals surface area contributed by atoms with Gasteiger partial charge in [0.25, 0.3) is 0 Å². The van der Waals surface area contributed by atoms with Gasteiger partial charge >= 0.3 is 0 Å². The standard InChI is InChI=1S/C14H22BrNS/c1-9-5-4-6-14(10(9)2)16-8-12-7-13(15)11(3)17-12/h7,9-10,14,16H,4-6,8H2,1-3H3. The van der Waals surface area contributed by atoms with Gasteiger partial charge in [0.05, 0.1) is 0 Å². The first-order valence-corrected chi connectivity index (χ1v) is 8.17. The number of rotatable bonds is 3. The van der Waals surface area contributed by atoms with Crippen LogP contribution in [0.4, 0.5) is 0 Å². The van der Waals surface area contributed by atoms with Gasteiger partial charge in [-0.05, 0) is 47.2 Å². The van der Waals surface area contributed by atoms with Gasteiger partial charge in [-0.15, -0.1) is 11.3 Å². The predicted molar refractivity (Wildman–Crippen MR) is 79.6 cm³/mol. The molecule has 3 heteroatoms. The Labute approximate surface area is 117 Å². The van der Waals surface area contributed by atoms with Crippen LogP contribution in [-0.2, 0) is 6.54 Å². The molecular weight excluding hydrogens is 294 g/mol. The van der Waals surface area contributed by atoms with Crippen LogP contribution in [0.1, 0.15) is 42.9 Å². The number of thiophene rings is 1. The molecule has 0 amide bonds. The van der Waals surface area contributed by atoms with Crippen LogP contribution in [0.15, 0.2) is 10.5 Å². The Bertz CT molecular complexity index is 355. The van der Waals surface area contributed by atoms with Crippen LogP contribution >= 0.6 is 27.3 Å². The highest BCUT2D eigenvalue weighted by atomic mass is 79.9.